The van der Waals surface area contributed by atoms with Crippen LogP contribution in [0.3, 0.4) is 0 Å². The molecule has 11 heteroatoms. The van der Waals surface area contributed by atoms with Crippen molar-refractivity contribution in [3.63, 3.8) is 0 Å². The minimum Gasteiger partial charge on any atom is -0.510 e. The second-order valence-corrected chi connectivity index (χ2v) is 11.8. The van der Waals surface area contributed by atoms with Crippen LogP contribution in [0.1, 0.15) is 35.2 Å². The molecule has 6 rings (SSSR count). The Bertz CT molecular complexity index is 1640. The van der Waals surface area contributed by atoms with Crippen LogP contribution in [0.5, 0.6) is 5.75 Å². The van der Waals surface area contributed by atoms with Gasteiger partial charge in [0.05, 0.1) is 11.6 Å². The van der Waals surface area contributed by atoms with Crippen molar-refractivity contribution in [2.24, 2.45) is 23.5 Å². The highest BCUT2D eigenvalue weighted by atomic mass is 16.3. The van der Waals surface area contributed by atoms with Gasteiger partial charge in [0.15, 0.2) is 11.4 Å². The van der Waals surface area contributed by atoms with Crippen LogP contribution in [-0.4, -0.2) is 74.4 Å². The first-order valence-corrected chi connectivity index (χ1v) is 13.8. The van der Waals surface area contributed by atoms with Crippen molar-refractivity contribution in [2.75, 3.05) is 19.4 Å². The number of hydrogen-bond acceptors (Lipinski definition) is 9. The Morgan fingerprint density at radius 1 is 1.02 bits per heavy atom. The number of benzene rings is 2. The standard InChI is InChI=1S/C31H31N3O8/c1-34(2)24-19-12-15-11-18-17(13-5-7-16(8-6-13)33-30(41)14-3-4-14)9-10-20(35)22(18)25(36)21(15)27(38)31(19,42)28(39)23(26(24)37)29(32)40/h5-10,14-15,19,24,35,37-38,42H,3-4,11-12H2,1-2H3,(H2,32,40)(H,33,41)/t15-,19+,24-,31+/m1/s1. The van der Waals surface area contributed by atoms with Gasteiger partial charge in [-0.2, -0.15) is 0 Å². The van der Waals surface area contributed by atoms with E-state index in [1.54, 1.807) is 44.4 Å². The fourth-order valence-corrected chi connectivity index (χ4v) is 6.84. The topological polar surface area (TPSA) is 190 Å². The van der Waals surface area contributed by atoms with Crippen molar-refractivity contribution >= 4 is 29.1 Å². The van der Waals surface area contributed by atoms with E-state index in [1.165, 1.54) is 11.0 Å². The molecule has 0 radical (unpaired) electrons. The van der Waals surface area contributed by atoms with Crippen LogP contribution in [0.15, 0.2) is 59.1 Å². The molecular formula is C31H31N3O8. The molecule has 4 atom stereocenters. The van der Waals surface area contributed by atoms with E-state index in [9.17, 15) is 39.6 Å². The average Bonchev–Trinajstić information content (AvgIpc) is 3.77. The number of carbonyl (C=O) groups is 4. The number of anilines is 1. The van der Waals surface area contributed by atoms with Crippen LogP contribution in [0.2, 0.25) is 0 Å². The summed E-state index contributed by atoms with van der Waals surface area (Å²) in [4.78, 5) is 53.1. The van der Waals surface area contributed by atoms with E-state index in [-0.39, 0.29) is 41.6 Å². The molecule has 0 heterocycles. The van der Waals surface area contributed by atoms with Crippen LogP contribution in [0.4, 0.5) is 5.69 Å². The van der Waals surface area contributed by atoms with Crippen molar-refractivity contribution in [3.05, 3.63) is 70.2 Å². The first-order valence-electron chi connectivity index (χ1n) is 13.8. The Kier molecular flexibility index (Phi) is 6.28. The number of ketones is 2. The summed E-state index contributed by atoms with van der Waals surface area (Å²) in [6.07, 6.45) is 1.95. The van der Waals surface area contributed by atoms with Gasteiger partial charge in [-0.3, -0.25) is 24.1 Å². The number of carbonyl (C=O) groups excluding carboxylic acids is 4. The summed E-state index contributed by atoms with van der Waals surface area (Å²) in [6, 6.07) is 9.13. The fourth-order valence-electron chi connectivity index (χ4n) is 6.84. The van der Waals surface area contributed by atoms with Crippen LogP contribution in [-0.2, 0) is 20.8 Å². The lowest BCUT2D eigenvalue weighted by atomic mass is 9.58. The van der Waals surface area contributed by atoms with Gasteiger partial charge in [0, 0.05) is 23.1 Å². The number of likely N-dealkylation sites (N-methyl/N-ethyl adjacent to an activating group) is 1. The minimum atomic E-state index is -2.68. The molecule has 0 spiro atoms. The van der Waals surface area contributed by atoms with Gasteiger partial charge in [0.2, 0.25) is 11.7 Å². The van der Waals surface area contributed by atoms with Gasteiger partial charge < -0.3 is 31.5 Å². The van der Waals surface area contributed by atoms with Crippen molar-refractivity contribution in [2.45, 2.75) is 37.3 Å². The van der Waals surface area contributed by atoms with Gasteiger partial charge in [-0.05, 0) is 80.6 Å². The van der Waals surface area contributed by atoms with Gasteiger partial charge in [0.1, 0.15) is 22.8 Å². The number of aliphatic hydroxyl groups is 3. The lowest BCUT2D eigenvalue weighted by Crippen LogP contribution is -2.63. The Morgan fingerprint density at radius 2 is 1.69 bits per heavy atom. The predicted molar refractivity (Wildman–Crippen MR) is 150 cm³/mol. The van der Waals surface area contributed by atoms with Gasteiger partial charge in [-0.25, -0.2) is 0 Å². The molecule has 7 N–H and O–H groups in total. The first kappa shape index (κ1) is 27.7. The minimum absolute atomic E-state index is 0.00694. The highest BCUT2D eigenvalue weighted by Gasteiger charge is 2.63. The molecule has 42 heavy (non-hydrogen) atoms. The summed E-state index contributed by atoms with van der Waals surface area (Å²) in [5, 5.41) is 47.7. The fraction of sp³-hybridized carbons (Fsp3) is 0.355. The third-order valence-electron chi connectivity index (χ3n) is 9.02. The molecule has 0 aromatic heterocycles. The van der Waals surface area contributed by atoms with Crippen molar-refractivity contribution in [1.82, 2.24) is 4.90 Å². The van der Waals surface area contributed by atoms with E-state index in [0.717, 1.165) is 18.4 Å². The zero-order chi connectivity index (χ0) is 30.2. The third-order valence-corrected chi connectivity index (χ3v) is 9.02. The SMILES string of the molecule is CN(C)[C@H]1C(O)=C(C(N)=O)C(=O)[C@@]2(O)C(O)=C3C(=O)c4c(O)ccc(-c5ccc(NC(=O)C6CC6)cc5)c4C[C@@H]3C[C@@H]12. The second-order valence-electron chi connectivity index (χ2n) is 11.8. The number of phenols is 1. The predicted octanol–water partition coefficient (Wildman–Crippen LogP) is 2.14. The van der Waals surface area contributed by atoms with E-state index in [4.69, 9.17) is 5.73 Å². The van der Waals surface area contributed by atoms with Gasteiger partial charge >= 0.3 is 0 Å². The number of aromatic hydroxyl groups is 1. The van der Waals surface area contributed by atoms with Crippen molar-refractivity contribution < 1.29 is 39.6 Å². The van der Waals surface area contributed by atoms with Gasteiger partial charge in [-0.1, -0.05) is 18.2 Å². The lowest BCUT2D eigenvalue weighted by Gasteiger charge is -2.50. The summed E-state index contributed by atoms with van der Waals surface area (Å²) < 4.78 is 0. The van der Waals surface area contributed by atoms with E-state index < -0.39 is 58.0 Å². The average molecular weight is 574 g/mol. The summed E-state index contributed by atoms with van der Waals surface area (Å²) in [5.74, 6) is -6.86. The summed E-state index contributed by atoms with van der Waals surface area (Å²) in [6.45, 7) is 0. The maximum Gasteiger partial charge on any atom is 0.255 e. The molecule has 2 aromatic carbocycles. The molecule has 218 valence electrons. The van der Waals surface area contributed by atoms with Crippen molar-refractivity contribution in [1.29, 1.82) is 0 Å². The molecule has 1 saturated carbocycles. The quantitative estimate of drug-likeness (QED) is 0.291. The molecule has 4 aliphatic rings. The molecule has 2 amide bonds. The molecule has 0 unspecified atom stereocenters. The largest absolute Gasteiger partial charge is 0.510 e. The van der Waals surface area contributed by atoms with Crippen LogP contribution in [0.25, 0.3) is 11.1 Å². The summed E-state index contributed by atoms with van der Waals surface area (Å²) in [5.41, 5.74) is 4.16. The highest BCUT2D eigenvalue weighted by Crippen LogP contribution is 2.53. The van der Waals surface area contributed by atoms with Crippen LogP contribution >= 0.6 is 0 Å². The van der Waals surface area contributed by atoms with E-state index in [2.05, 4.69) is 5.32 Å². The summed E-state index contributed by atoms with van der Waals surface area (Å²) in [7, 11) is 3.17. The maximum absolute atomic E-state index is 13.9. The smallest absolute Gasteiger partial charge is 0.255 e. The van der Waals surface area contributed by atoms with E-state index in [0.29, 0.717) is 16.8 Å². The number of primary amides is 1. The monoisotopic (exact) mass is 573 g/mol. The Hall–Kier alpha value is -4.48. The van der Waals surface area contributed by atoms with Crippen LogP contribution in [0, 0.1) is 17.8 Å². The molecule has 0 aliphatic heterocycles. The van der Waals surface area contributed by atoms with E-state index in [1.807, 2.05) is 0 Å². The number of phenolic OH excluding ortho intramolecular Hbond substituents is 1. The molecule has 0 saturated heterocycles. The zero-order valence-electron chi connectivity index (χ0n) is 23.0. The summed E-state index contributed by atoms with van der Waals surface area (Å²) >= 11 is 0. The first-order chi connectivity index (χ1) is 19.9. The molecule has 11 nitrogen and oxygen atoms in total. The lowest BCUT2D eigenvalue weighted by molar-refractivity contribution is -0.148. The number of hydrogen-bond donors (Lipinski definition) is 6. The van der Waals surface area contributed by atoms with Crippen LogP contribution < -0.4 is 11.1 Å². The van der Waals surface area contributed by atoms with E-state index >= 15 is 0 Å². The maximum atomic E-state index is 13.9. The Labute approximate surface area is 240 Å². The third kappa shape index (κ3) is 3.95. The number of nitrogens with one attached hydrogen (secondary N) is 1. The van der Waals surface area contributed by atoms with Gasteiger partial charge in [0.25, 0.3) is 5.91 Å². The van der Waals surface area contributed by atoms with Crippen molar-refractivity contribution in [3.8, 4) is 16.9 Å². The molecular weight excluding hydrogens is 542 g/mol. The number of amides is 2. The number of allylic oxidation sites excluding steroid dienone is 1. The number of rotatable bonds is 5. The number of fused-ring (bicyclic) bond motifs is 3. The van der Waals surface area contributed by atoms with Gasteiger partial charge in [-0.15, -0.1) is 0 Å². The molecule has 4 aliphatic carbocycles. The molecule has 1 fully saturated rings. The number of aliphatic hydroxyl groups excluding tert-OH is 2. The zero-order valence-corrected chi connectivity index (χ0v) is 23.0. The normalized spacial score (nSPS) is 27.0. The Balaban J connectivity index is 1.44. The highest BCUT2D eigenvalue weighted by molar-refractivity contribution is 6.25. The second kappa shape index (κ2) is 9.53. The Morgan fingerprint density at radius 3 is 2.29 bits per heavy atom. The molecule has 2 aromatic rings. The number of Topliss-reactive ketones (excluding diaryl/α,β-unsaturated/α-hetero) is 2. The molecule has 0 bridgehead atoms. The number of nitrogens with two attached hydrogens (primary N) is 1. The number of nitrogens with zero attached hydrogens (tertiary/aromatic N) is 1.